The van der Waals surface area contributed by atoms with E-state index in [0.717, 1.165) is 5.56 Å². The standard InChI is InChI=1S/C26H19ClFN3O5S/c1-14-9-15(3-6-22(14)27)18-12-24(35-2)19(11-23(18)28)21-13-29-26(32)20-10-16(4-5-17(20)21)37(33,34)31-25-7-8-36-30-25/h3-13H,1-2H3,(H,29,32)(H,30,31). The third-order valence-electron chi connectivity index (χ3n) is 5.91. The summed E-state index contributed by atoms with van der Waals surface area (Å²) in [5.41, 5.74) is 2.08. The first kappa shape index (κ1) is 24.5. The van der Waals surface area contributed by atoms with Gasteiger partial charge in [0.15, 0.2) is 5.82 Å². The molecule has 2 N–H and O–H groups in total. The summed E-state index contributed by atoms with van der Waals surface area (Å²) < 4.78 is 53.5. The van der Waals surface area contributed by atoms with Gasteiger partial charge in [0.2, 0.25) is 0 Å². The van der Waals surface area contributed by atoms with Crippen LogP contribution < -0.4 is 15.0 Å². The fourth-order valence-corrected chi connectivity index (χ4v) is 5.19. The van der Waals surface area contributed by atoms with Crippen molar-refractivity contribution in [3.8, 4) is 28.0 Å². The second-order valence-electron chi connectivity index (χ2n) is 8.23. The predicted molar refractivity (Wildman–Crippen MR) is 139 cm³/mol. The first-order valence-electron chi connectivity index (χ1n) is 10.9. The number of benzene rings is 3. The summed E-state index contributed by atoms with van der Waals surface area (Å²) >= 11 is 6.12. The monoisotopic (exact) mass is 539 g/mol. The highest BCUT2D eigenvalue weighted by Gasteiger charge is 2.20. The predicted octanol–water partition coefficient (Wildman–Crippen LogP) is 5.76. The lowest BCUT2D eigenvalue weighted by atomic mass is 9.95. The zero-order valence-corrected chi connectivity index (χ0v) is 21.1. The second-order valence-corrected chi connectivity index (χ2v) is 10.3. The van der Waals surface area contributed by atoms with Crippen molar-refractivity contribution >= 4 is 38.2 Å². The molecule has 0 saturated heterocycles. The number of ether oxygens (including phenoxy) is 1. The SMILES string of the molecule is COc1cc(-c2ccc(Cl)c(C)c2)c(F)cc1-c1c[nH]c(=O)c2cc(S(=O)(=O)Nc3ccon3)ccc12. The molecular weight excluding hydrogens is 521 g/mol. The molecule has 188 valence electrons. The summed E-state index contributed by atoms with van der Waals surface area (Å²) in [6.45, 7) is 1.83. The molecule has 5 aromatic rings. The Morgan fingerprint density at radius 2 is 1.84 bits per heavy atom. The Kier molecular flexibility index (Phi) is 6.22. The van der Waals surface area contributed by atoms with Gasteiger partial charge in [-0.25, -0.2) is 12.8 Å². The van der Waals surface area contributed by atoms with E-state index in [2.05, 4.69) is 19.4 Å². The largest absolute Gasteiger partial charge is 0.496 e. The third kappa shape index (κ3) is 4.56. The van der Waals surface area contributed by atoms with Crippen LogP contribution in [0.5, 0.6) is 5.75 Å². The maximum atomic E-state index is 15.4. The maximum absolute atomic E-state index is 15.4. The van der Waals surface area contributed by atoms with Gasteiger partial charge in [0.1, 0.15) is 17.8 Å². The number of aromatic amines is 1. The number of aryl methyl sites for hydroxylation is 1. The zero-order chi connectivity index (χ0) is 26.3. The molecular formula is C26H19ClFN3O5S. The molecule has 2 aromatic heterocycles. The molecule has 0 spiro atoms. The van der Waals surface area contributed by atoms with Gasteiger partial charge in [0.25, 0.3) is 15.6 Å². The number of nitrogens with zero attached hydrogens (tertiary/aromatic N) is 1. The highest BCUT2D eigenvalue weighted by Crippen LogP contribution is 2.39. The molecule has 37 heavy (non-hydrogen) atoms. The Hall–Kier alpha value is -4.15. The van der Waals surface area contributed by atoms with Gasteiger partial charge in [0.05, 0.1) is 12.0 Å². The lowest BCUT2D eigenvalue weighted by molar-refractivity contribution is 0.415. The first-order chi connectivity index (χ1) is 17.7. The topological polar surface area (TPSA) is 114 Å². The second kappa shape index (κ2) is 9.38. The first-order valence-corrected chi connectivity index (χ1v) is 12.8. The van der Waals surface area contributed by atoms with E-state index in [1.54, 1.807) is 24.3 Å². The molecule has 0 unspecified atom stereocenters. The quantitative estimate of drug-likeness (QED) is 0.283. The van der Waals surface area contributed by atoms with Crippen LogP contribution in [0.3, 0.4) is 0 Å². The van der Waals surface area contributed by atoms with Crippen LogP contribution in [0.15, 0.2) is 81.3 Å². The minimum atomic E-state index is -4.05. The summed E-state index contributed by atoms with van der Waals surface area (Å²) in [6.07, 6.45) is 2.66. The van der Waals surface area contributed by atoms with E-state index < -0.39 is 21.4 Å². The summed E-state index contributed by atoms with van der Waals surface area (Å²) in [5, 5.41) is 4.62. The molecule has 0 amide bonds. The molecule has 0 aliphatic heterocycles. The fraction of sp³-hybridized carbons (Fsp3) is 0.0769. The highest BCUT2D eigenvalue weighted by atomic mass is 35.5. The van der Waals surface area contributed by atoms with Crippen LogP contribution in [-0.4, -0.2) is 25.7 Å². The number of hydrogen-bond donors (Lipinski definition) is 2. The zero-order valence-electron chi connectivity index (χ0n) is 19.5. The number of anilines is 1. The Morgan fingerprint density at radius 3 is 2.54 bits per heavy atom. The average Bonchev–Trinajstić information content (AvgIpc) is 3.38. The van der Waals surface area contributed by atoms with Gasteiger partial charge in [-0.05, 0) is 59.8 Å². The van der Waals surface area contributed by atoms with Crippen molar-refractivity contribution in [3.63, 3.8) is 0 Å². The van der Waals surface area contributed by atoms with Crippen LogP contribution in [0.2, 0.25) is 5.02 Å². The van der Waals surface area contributed by atoms with E-state index in [9.17, 15) is 13.2 Å². The number of aromatic nitrogens is 2. The van der Waals surface area contributed by atoms with E-state index in [1.807, 2.05) is 6.92 Å². The molecule has 0 radical (unpaired) electrons. The number of fused-ring (bicyclic) bond motifs is 1. The van der Waals surface area contributed by atoms with Crippen LogP contribution in [0.25, 0.3) is 33.0 Å². The van der Waals surface area contributed by atoms with E-state index in [1.165, 1.54) is 49.9 Å². The molecule has 5 rings (SSSR count). The third-order valence-corrected chi connectivity index (χ3v) is 7.69. The lowest BCUT2D eigenvalue weighted by Gasteiger charge is -2.15. The highest BCUT2D eigenvalue weighted by molar-refractivity contribution is 7.92. The molecule has 11 heteroatoms. The van der Waals surface area contributed by atoms with Gasteiger partial charge in [-0.15, -0.1) is 0 Å². The maximum Gasteiger partial charge on any atom is 0.263 e. The van der Waals surface area contributed by atoms with Gasteiger partial charge in [-0.2, -0.15) is 0 Å². The normalized spacial score (nSPS) is 11.6. The smallest absolute Gasteiger partial charge is 0.263 e. The molecule has 0 aliphatic carbocycles. The van der Waals surface area contributed by atoms with Crippen LogP contribution in [0, 0.1) is 12.7 Å². The van der Waals surface area contributed by atoms with E-state index in [4.69, 9.17) is 16.3 Å². The lowest BCUT2D eigenvalue weighted by Crippen LogP contribution is -2.14. The summed E-state index contributed by atoms with van der Waals surface area (Å²) in [6, 6.07) is 13.5. The van der Waals surface area contributed by atoms with Crippen molar-refractivity contribution in [1.82, 2.24) is 10.1 Å². The molecule has 0 atom stereocenters. The average molecular weight is 540 g/mol. The van der Waals surface area contributed by atoms with Crippen LogP contribution in [0.4, 0.5) is 10.2 Å². The number of pyridine rings is 1. The number of methoxy groups -OCH3 is 1. The van der Waals surface area contributed by atoms with Gasteiger partial charge in [0, 0.05) is 39.4 Å². The van der Waals surface area contributed by atoms with Crippen molar-refractivity contribution < 1.29 is 22.1 Å². The minimum absolute atomic E-state index is 0.000982. The van der Waals surface area contributed by atoms with Crippen molar-refractivity contribution in [2.75, 3.05) is 11.8 Å². The van der Waals surface area contributed by atoms with Crippen molar-refractivity contribution in [2.45, 2.75) is 11.8 Å². The van der Waals surface area contributed by atoms with Gasteiger partial charge in [-0.1, -0.05) is 28.9 Å². The summed E-state index contributed by atoms with van der Waals surface area (Å²) in [5.74, 6) is -0.145. The molecule has 0 aliphatic rings. The van der Waals surface area contributed by atoms with Crippen LogP contribution >= 0.6 is 11.6 Å². The molecule has 3 aromatic carbocycles. The van der Waals surface area contributed by atoms with E-state index in [-0.39, 0.29) is 16.1 Å². The van der Waals surface area contributed by atoms with Crippen LogP contribution in [0.1, 0.15) is 5.56 Å². The molecule has 0 fully saturated rings. The molecule has 0 saturated carbocycles. The fourth-order valence-electron chi connectivity index (χ4n) is 4.06. The number of sulfonamides is 1. The molecule has 0 bridgehead atoms. The number of hydrogen-bond acceptors (Lipinski definition) is 6. The van der Waals surface area contributed by atoms with E-state index in [0.29, 0.717) is 38.4 Å². The van der Waals surface area contributed by atoms with Gasteiger partial charge in [-0.3, -0.25) is 9.52 Å². The van der Waals surface area contributed by atoms with E-state index >= 15 is 4.39 Å². The Balaban J connectivity index is 1.64. The number of rotatable bonds is 6. The van der Waals surface area contributed by atoms with Crippen LogP contribution in [-0.2, 0) is 10.0 Å². The molecule has 2 heterocycles. The van der Waals surface area contributed by atoms with Gasteiger partial charge < -0.3 is 14.2 Å². The van der Waals surface area contributed by atoms with Crippen molar-refractivity contribution in [1.29, 1.82) is 0 Å². The minimum Gasteiger partial charge on any atom is -0.496 e. The Morgan fingerprint density at radius 1 is 1.03 bits per heavy atom. The summed E-state index contributed by atoms with van der Waals surface area (Å²) in [4.78, 5) is 15.1. The summed E-state index contributed by atoms with van der Waals surface area (Å²) in [7, 11) is -2.59. The van der Waals surface area contributed by atoms with Gasteiger partial charge >= 0.3 is 0 Å². The number of nitrogens with one attached hydrogen (secondary N) is 2. The molecule has 8 nitrogen and oxygen atoms in total. The Bertz CT molecular complexity index is 1820. The van der Waals surface area contributed by atoms with Crippen molar-refractivity contribution in [3.05, 3.63) is 93.8 Å². The van der Waals surface area contributed by atoms with Crippen molar-refractivity contribution in [2.24, 2.45) is 0 Å². The number of H-pyrrole nitrogens is 1. The number of halogens is 2. The Labute approximate surface area is 215 Å².